The van der Waals surface area contributed by atoms with Gasteiger partial charge in [0.1, 0.15) is 16.7 Å². The molecule has 33 heavy (non-hydrogen) atoms. The number of nitrogens with one attached hydrogen (secondary N) is 2. The van der Waals surface area contributed by atoms with Crippen LogP contribution in [0.25, 0.3) is 0 Å². The Bertz CT molecular complexity index is 765. The maximum absolute atomic E-state index is 13.0. The smallest absolute Gasteiger partial charge is 0.240 e. The number of nitrogens with zero attached hydrogens (tertiary/aromatic N) is 2. The van der Waals surface area contributed by atoms with Gasteiger partial charge in [0.15, 0.2) is 0 Å². The Kier molecular flexibility index (Phi) is 9.89. The van der Waals surface area contributed by atoms with Crippen LogP contribution in [0.5, 0.6) is 0 Å². The van der Waals surface area contributed by atoms with Gasteiger partial charge in [0, 0.05) is 31.4 Å². The van der Waals surface area contributed by atoms with Crippen LogP contribution in [0.4, 0.5) is 5.69 Å². The molecule has 0 aliphatic carbocycles. The fourth-order valence-electron chi connectivity index (χ4n) is 4.57. The van der Waals surface area contributed by atoms with Crippen molar-refractivity contribution in [3.05, 3.63) is 29.8 Å². The van der Waals surface area contributed by atoms with Crippen LogP contribution < -0.4 is 16.4 Å². The van der Waals surface area contributed by atoms with Gasteiger partial charge in [0.05, 0.1) is 0 Å². The molecule has 2 aliphatic heterocycles. The molecule has 1 unspecified atom stereocenters. The predicted molar refractivity (Wildman–Crippen MR) is 137 cm³/mol. The molecule has 8 heteroatoms. The quantitative estimate of drug-likeness (QED) is 0.431. The van der Waals surface area contributed by atoms with E-state index in [1.165, 1.54) is 43.3 Å². The summed E-state index contributed by atoms with van der Waals surface area (Å²) < 4.78 is 0. The number of likely N-dealkylation sites (N-methyl/N-ethyl adjacent to an activating group) is 1. The average Bonchev–Trinajstić information content (AvgIpc) is 3.47. The van der Waals surface area contributed by atoms with Gasteiger partial charge in [-0.2, -0.15) is 0 Å². The summed E-state index contributed by atoms with van der Waals surface area (Å²) in [5, 5.41) is 5.84. The molecule has 0 radical (unpaired) electrons. The molecule has 0 bridgehead atoms. The summed E-state index contributed by atoms with van der Waals surface area (Å²) in [6.07, 6.45) is 5.45. The molecule has 3 rings (SSSR count). The van der Waals surface area contributed by atoms with Crippen molar-refractivity contribution in [2.45, 2.75) is 75.6 Å². The van der Waals surface area contributed by atoms with Crippen LogP contribution >= 0.6 is 11.8 Å². The van der Waals surface area contributed by atoms with Crippen LogP contribution in [0, 0.1) is 0 Å². The molecule has 3 atom stereocenters. The summed E-state index contributed by atoms with van der Waals surface area (Å²) in [6.45, 7) is 10.7. The zero-order valence-corrected chi connectivity index (χ0v) is 21.2. The molecule has 0 saturated carbocycles. The van der Waals surface area contributed by atoms with Crippen molar-refractivity contribution in [3.8, 4) is 0 Å². The first kappa shape index (κ1) is 25.8. The van der Waals surface area contributed by atoms with Crippen molar-refractivity contribution in [1.29, 1.82) is 0 Å². The van der Waals surface area contributed by atoms with Gasteiger partial charge >= 0.3 is 0 Å². The van der Waals surface area contributed by atoms with E-state index in [4.69, 9.17) is 5.73 Å². The van der Waals surface area contributed by atoms with E-state index in [0.717, 1.165) is 31.5 Å². The molecule has 2 saturated heterocycles. The number of carbonyl (C=O) groups is 2. The molecule has 0 spiro atoms. The Morgan fingerprint density at radius 1 is 1.15 bits per heavy atom. The predicted octanol–water partition coefficient (Wildman–Crippen LogP) is 2.66. The molecule has 7 nitrogen and oxygen atoms in total. The second-order valence-electron chi connectivity index (χ2n) is 9.06. The van der Waals surface area contributed by atoms with E-state index >= 15 is 0 Å². The average molecular weight is 476 g/mol. The van der Waals surface area contributed by atoms with Crippen molar-refractivity contribution >= 4 is 29.3 Å². The molecular weight excluding hydrogens is 434 g/mol. The molecule has 2 aliphatic rings. The topological polar surface area (TPSA) is 90.7 Å². The SMILES string of the molecule is CCC(CC)NC(=O)[C@@H](N)C1S[C@H](CNc2ccc(CCN3CCCC3)cc2)C(=O)N1CC. The molecule has 2 heterocycles. The van der Waals surface area contributed by atoms with Crippen LogP contribution in [0.1, 0.15) is 52.0 Å². The summed E-state index contributed by atoms with van der Waals surface area (Å²) in [5.74, 6) is -0.126. The maximum atomic E-state index is 13.0. The van der Waals surface area contributed by atoms with Gasteiger partial charge in [0.25, 0.3) is 0 Å². The minimum absolute atomic E-state index is 0.0491. The molecular formula is C25H41N5O2S. The first-order valence-electron chi connectivity index (χ1n) is 12.5. The second kappa shape index (κ2) is 12.6. The monoisotopic (exact) mass is 475 g/mol. The van der Waals surface area contributed by atoms with Crippen LogP contribution in [-0.4, -0.2) is 77.0 Å². The Balaban J connectivity index is 1.51. The molecule has 1 aromatic carbocycles. The molecule has 4 N–H and O–H groups in total. The molecule has 184 valence electrons. The van der Waals surface area contributed by atoms with Crippen LogP contribution in [0.2, 0.25) is 0 Å². The van der Waals surface area contributed by atoms with E-state index in [9.17, 15) is 9.59 Å². The summed E-state index contributed by atoms with van der Waals surface area (Å²) >= 11 is 1.50. The second-order valence-corrected chi connectivity index (χ2v) is 10.4. The Morgan fingerprint density at radius 2 is 1.82 bits per heavy atom. The van der Waals surface area contributed by atoms with Crippen molar-refractivity contribution in [3.63, 3.8) is 0 Å². The highest BCUT2D eigenvalue weighted by molar-refractivity contribution is 8.01. The number of carbonyl (C=O) groups excluding carboxylic acids is 2. The van der Waals surface area contributed by atoms with Gasteiger partial charge in [0.2, 0.25) is 11.8 Å². The number of benzene rings is 1. The van der Waals surface area contributed by atoms with Crippen LogP contribution in [0.3, 0.4) is 0 Å². The normalized spacial score (nSPS) is 22.2. The van der Waals surface area contributed by atoms with Crippen LogP contribution in [-0.2, 0) is 16.0 Å². The summed E-state index contributed by atoms with van der Waals surface area (Å²) in [4.78, 5) is 29.9. The first-order chi connectivity index (χ1) is 16.0. The van der Waals surface area contributed by atoms with Gasteiger partial charge < -0.3 is 26.2 Å². The standard InChI is InChI=1S/C25H41N5O2S/c1-4-19(5-2)28-23(31)22(26)25-30(6-3)24(32)21(33-25)17-27-20-11-9-18(10-12-20)13-16-29-14-7-8-15-29/h9-12,19,21-22,25,27H,4-8,13-17,26H2,1-3H3,(H,28,31)/t21-,22-,25?/m1/s1. The van der Waals surface area contributed by atoms with E-state index in [1.54, 1.807) is 4.90 Å². The summed E-state index contributed by atoms with van der Waals surface area (Å²) in [5.41, 5.74) is 8.67. The summed E-state index contributed by atoms with van der Waals surface area (Å²) in [7, 11) is 0. The van der Waals surface area contributed by atoms with E-state index in [0.29, 0.717) is 13.1 Å². The van der Waals surface area contributed by atoms with Gasteiger partial charge in [-0.3, -0.25) is 9.59 Å². The molecule has 2 fully saturated rings. The minimum atomic E-state index is -0.737. The lowest BCUT2D eigenvalue weighted by atomic mass is 10.1. The lowest BCUT2D eigenvalue weighted by molar-refractivity contribution is -0.131. The summed E-state index contributed by atoms with van der Waals surface area (Å²) in [6, 6.07) is 7.90. The maximum Gasteiger partial charge on any atom is 0.240 e. The Labute approximate surface area is 203 Å². The number of amides is 2. The number of hydrogen-bond donors (Lipinski definition) is 3. The van der Waals surface area contributed by atoms with E-state index < -0.39 is 6.04 Å². The molecule has 1 aromatic rings. The fraction of sp³-hybridized carbons (Fsp3) is 0.680. The van der Waals surface area contributed by atoms with Crippen molar-refractivity contribution in [2.24, 2.45) is 5.73 Å². The fourth-order valence-corrected chi connectivity index (χ4v) is 6.03. The highest BCUT2D eigenvalue weighted by Gasteiger charge is 2.44. The van der Waals surface area contributed by atoms with Gasteiger partial charge in [-0.05, 0) is 69.8 Å². The Hall–Kier alpha value is -1.77. The lowest BCUT2D eigenvalue weighted by Gasteiger charge is -2.28. The first-order valence-corrected chi connectivity index (χ1v) is 13.5. The largest absolute Gasteiger partial charge is 0.383 e. The van der Waals surface area contributed by atoms with Gasteiger partial charge in [-0.1, -0.05) is 26.0 Å². The number of hydrogen-bond acceptors (Lipinski definition) is 6. The van der Waals surface area contributed by atoms with Crippen molar-refractivity contribution in [1.82, 2.24) is 15.1 Å². The van der Waals surface area contributed by atoms with Gasteiger partial charge in [-0.15, -0.1) is 11.8 Å². The third-order valence-electron chi connectivity index (χ3n) is 6.81. The van der Waals surface area contributed by atoms with E-state index in [-0.39, 0.29) is 28.5 Å². The molecule has 2 amide bonds. The minimum Gasteiger partial charge on any atom is -0.383 e. The third kappa shape index (κ3) is 6.87. The van der Waals surface area contributed by atoms with Crippen molar-refractivity contribution in [2.75, 3.05) is 38.0 Å². The van der Waals surface area contributed by atoms with Crippen LogP contribution in [0.15, 0.2) is 24.3 Å². The number of likely N-dealkylation sites (tertiary alicyclic amines) is 1. The number of nitrogens with two attached hydrogens (primary N) is 1. The number of rotatable bonds is 12. The van der Waals surface area contributed by atoms with Gasteiger partial charge in [-0.25, -0.2) is 0 Å². The number of anilines is 1. The third-order valence-corrected chi connectivity index (χ3v) is 8.34. The number of thioether (sulfide) groups is 1. The molecule has 0 aromatic heterocycles. The zero-order valence-electron chi connectivity index (χ0n) is 20.4. The lowest BCUT2D eigenvalue weighted by Crippen LogP contribution is -2.54. The highest BCUT2D eigenvalue weighted by Crippen LogP contribution is 2.33. The van der Waals surface area contributed by atoms with E-state index in [2.05, 4.69) is 39.8 Å². The highest BCUT2D eigenvalue weighted by atomic mass is 32.2. The Morgan fingerprint density at radius 3 is 2.42 bits per heavy atom. The van der Waals surface area contributed by atoms with Crippen molar-refractivity contribution < 1.29 is 9.59 Å². The van der Waals surface area contributed by atoms with E-state index in [1.807, 2.05) is 20.8 Å². The zero-order chi connectivity index (χ0) is 23.8.